The van der Waals surface area contributed by atoms with Gasteiger partial charge in [0.05, 0.1) is 0 Å². The molecule has 0 radical (unpaired) electrons. The summed E-state index contributed by atoms with van der Waals surface area (Å²) in [6.07, 6.45) is 5.67. The summed E-state index contributed by atoms with van der Waals surface area (Å²) in [5.41, 5.74) is 0. The Morgan fingerprint density at radius 3 is 2.00 bits per heavy atom. The SMILES string of the molecule is O=C([O-])[C@@H]1CC2CCC1CC2.[K+]. The van der Waals surface area contributed by atoms with Crippen molar-refractivity contribution in [2.75, 3.05) is 0 Å². The molecule has 1 atom stereocenters. The van der Waals surface area contributed by atoms with Gasteiger partial charge in [-0.1, -0.05) is 12.8 Å². The van der Waals surface area contributed by atoms with E-state index in [0.29, 0.717) is 11.8 Å². The van der Waals surface area contributed by atoms with Crippen LogP contribution in [-0.4, -0.2) is 5.97 Å². The zero-order valence-electron chi connectivity index (χ0n) is 7.58. The third-order valence-electron chi connectivity index (χ3n) is 3.35. The van der Waals surface area contributed by atoms with Crippen molar-refractivity contribution in [3.63, 3.8) is 0 Å². The summed E-state index contributed by atoms with van der Waals surface area (Å²) in [7, 11) is 0. The van der Waals surface area contributed by atoms with Crippen LogP contribution in [0.25, 0.3) is 0 Å². The van der Waals surface area contributed by atoms with Crippen LogP contribution < -0.4 is 56.5 Å². The molecule has 12 heavy (non-hydrogen) atoms. The summed E-state index contributed by atoms with van der Waals surface area (Å²) in [6, 6.07) is 0. The Morgan fingerprint density at radius 2 is 1.75 bits per heavy atom. The van der Waals surface area contributed by atoms with Gasteiger partial charge < -0.3 is 9.90 Å². The number of hydrogen-bond acceptors (Lipinski definition) is 2. The van der Waals surface area contributed by atoms with E-state index >= 15 is 0 Å². The standard InChI is InChI=1S/C9H14O2.K/c10-9(11)8-5-6-1-3-7(8)4-2-6;/h6-8H,1-5H2,(H,10,11);/q;+1/p-1/t6?,7?,8-;/m1./s1. The molecule has 0 heterocycles. The number of carboxylic acid groups (broad SMARTS) is 1. The van der Waals surface area contributed by atoms with Gasteiger partial charge in [-0.3, -0.25) is 0 Å². The van der Waals surface area contributed by atoms with Crippen LogP contribution in [0.5, 0.6) is 0 Å². The van der Waals surface area contributed by atoms with Crippen LogP contribution in [0.4, 0.5) is 0 Å². The van der Waals surface area contributed by atoms with Gasteiger partial charge in [-0.2, -0.15) is 0 Å². The summed E-state index contributed by atoms with van der Waals surface area (Å²) in [5, 5.41) is 10.6. The van der Waals surface area contributed by atoms with Crippen LogP contribution in [0.3, 0.4) is 0 Å². The molecular formula is C9H13KO2. The first-order valence-electron chi connectivity index (χ1n) is 4.48. The average molecular weight is 192 g/mol. The number of carboxylic acids is 1. The van der Waals surface area contributed by atoms with E-state index in [2.05, 4.69) is 0 Å². The van der Waals surface area contributed by atoms with E-state index < -0.39 is 5.97 Å². The van der Waals surface area contributed by atoms with Crippen LogP contribution >= 0.6 is 0 Å². The van der Waals surface area contributed by atoms with Crippen molar-refractivity contribution >= 4 is 5.97 Å². The molecular weight excluding hydrogens is 179 g/mol. The molecule has 3 heteroatoms. The fourth-order valence-electron chi connectivity index (χ4n) is 2.67. The van der Waals surface area contributed by atoms with Gasteiger partial charge in [0.15, 0.2) is 0 Å². The fourth-order valence-corrected chi connectivity index (χ4v) is 2.67. The largest absolute Gasteiger partial charge is 1.00 e. The van der Waals surface area contributed by atoms with E-state index in [0.717, 1.165) is 19.3 Å². The normalized spacial score (nSPS) is 38.8. The molecule has 3 aliphatic rings. The molecule has 3 saturated carbocycles. The van der Waals surface area contributed by atoms with Gasteiger partial charge in [-0.05, 0) is 31.1 Å². The van der Waals surface area contributed by atoms with Crippen LogP contribution in [0.2, 0.25) is 0 Å². The van der Waals surface area contributed by atoms with E-state index in [4.69, 9.17) is 0 Å². The van der Waals surface area contributed by atoms with E-state index in [9.17, 15) is 9.90 Å². The molecule has 0 aromatic rings. The number of carbonyl (C=O) groups excluding carboxylic acids is 1. The summed E-state index contributed by atoms with van der Waals surface area (Å²) in [6.45, 7) is 0. The van der Waals surface area contributed by atoms with Crippen molar-refractivity contribution in [2.45, 2.75) is 32.1 Å². The molecule has 0 unspecified atom stereocenters. The Bertz CT molecular complexity index is 173. The van der Waals surface area contributed by atoms with E-state index in [1.165, 1.54) is 12.8 Å². The predicted octanol–water partition coefficient (Wildman–Crippen LogP) is -2.43. The molecule has 3 aliphatic carbocycles. The van der Waals surface area contributed by atoms with Crippen LogP contribution in [0.1, 0.15) is 32.1 Å². The number of rotatable bonds is 1. The zero-order chi connectivity index (χ0) is 7.84. The van der Waals surface area contributed by atoms with Crippen molar-refractivity contribution in [3.05, 3.63) is 0 Å². The van der Waals surface area contributed by atoms with Crippen molar-refractivity contribution < 1.29 is 61.3 Å². The quantitative estimate of drug-likeness (QED) is 0.433. The maximum Gasteiger partial charge on any atom is 1.00 e. The Balaban J connectivity index is 0.000000720. The Kier molecular flexibility index (Phi) is 4.24. The molecule has 62 valence electrons. The second kappa shape index (κ2) is 4.56. The first kappa shape index (κ1) is 11.2. The second-order valence-electron chi connectivity index (χ2n) is 3.94. The molecule has 2 nitrogen and oxygen atoms in total. The molecule has 2 bridgehead atoms. The average Bonchev–Trinajstić information content (AvgIpc) is 2.06. The molecule has 0 aromatic carbocycles. The summed E-state index contributed by atoms with van der Waals surface area (Å²) in [4.78, 5) is 10.6. The first-order chi connectivity index (χ1) is 5.27. The molecule has 0 amide bonds. The molecule has 0 N–H and O–H groups in total. The van der Waals surface area contributed by atoms with Crippen LogP contribution in [0, 0.1) is 17.8 Å². The Hall–Kier alpha value is 1.11. The smallest absolute Gasteiger partial charge is 0.550 e. The summed E-state index contributed by atoms with van der Waals surface area (Å²) >= 11 is 0. The van der Waals surface area contributed by atoms with Crippen molar-refractivity contribution in [1.82, 2.24) is 0 Å². The van der Waals surface area contributed by atoms with Crippen LogP contribution in [0.15, 0.2) is 0 Å². The topological polar surface area (TPSA) is 40.1 Å². The van der Waals surface area contributed by atoms with Gasteiger partial charge in [0.25, 0.3) is 0 Å². The number of aliphatic carboxylic acids is 1. The van der Waals surface area contributed by atoms with E-state index in [-0.39, 0.29) is 57.3 Å². The number of carbonyl (C=O) groups is 1. The molecule has 3 rings (SSSR count). The van der Waals surface area contributed by atoms with Gasteiger partial charge in [-0.25, -0.2) is 0 Å². The number of hydrogen-bond donors (Lipinski definition) is 0. The number of fused-ring (bicyclic) bond motifs is 3. The molecule has 0 aliphatic heterocycles. The van der Waals surface area contributed by atoms with Gasteiger partial charge in [0.2, 0.25) is 0 Å². The molecule has 0 aromatic heterocycles. The van der Waals surface area contributed by atoms with Crippen molar-refractivity contribution in [1.29, 1.82) is 0 Å². The Morgan fingerprint density at radius 1 is 1.17 bits per heavy atom. The van der Waals surface area contributed by atoms with Gasteiger partial charge >= 0.3 is 51.4 Å². The van der Waals surface area contributed by atoms with Gasteiger partial charge in [-0.15, -0.1) is 0 Å². The van der Waals surface area contributed by atoms with Crippen LogP contribution in [-0.2, 0) is 4.79 Å². The van der Waals surface area contributed by atoms with Crippen molar-refractivity contribution in [2.24, 2.45) is 17.8 Å². The summed E-state index contributed by atoms with van der Waals surface area (Å²) in [5.74, 6) is 0.231. The first-order valence-corrected chi connectivity index (χ1v) is 4.48. The zero-order valence-corrected chi connectivity index (χ0v) is 10.7. The monoisotopic (exact) mass is 192 g/mol. The van der Waals surface area contributed by atoms with E-state index in [1.54, 1.807) is 0 Å². The molecule has 3 fully saturated rings. The van der Waals surface area contributed by atoms with Gasteiger partial charge in [0.1, 0.15) is 0 Å². The fraction of sp³-hybridized carbons (Fsp3) is 0.889. The maximum absolute atomic E-state index is 10.6. The molecule has 0 spiro atoms. The third kappa shape index (κ3) is 2.12. The minimum atomic E-state index is -0.806. The summed E-state index contributed by atoms with van der Waals surface area (Å²) < 4.78 is 0. The maximum atomic E-state index is 10.6. The Labute approximate surface area is 116 Å². The molecule has 0 saturated heterocycles. The second-order valence-corrected chi connectivity index (χ2v) is 3.94. The van der Waals surface area contributed by atoms with E-state index in [1.807, 2.05) is 0 Å². The third-order valence-corrected chi connectivity index (χ3v) is 3.35. The van der Waals surface area contributed by atoms with Crippen molar-refractivity contribution in [3.8, 4) is 0 Å². The van der Waals surface area contributed by atoms with Gasteiger partial charge in [0, 0.05) is 11.9 Å². The minimum absolute atomic E-state index is 0. The minimum Gasteiger partial charge on any atom is -0.550 e. The predicted molar refractivity (Wildman–Crippen MR) is 38.6 cm³/mol.